The van der Waals surface area contributed by atoms with Gasteiger partial charge in [-0.2, -0.15) is 0 Å². The Morgan fingerprint density at radius 2 is 2.05 bits per heavy atom. The van der Waals surface area contributed by atoms with E-state index >= 15 is 0 Å². The molecule has 1 aliphatic rings. The van der Waals surface area contributed by atoms with E-state index in [1.807, 2.05) is 12.1 Å². The topological polar surface area (TPSA) is 35.2 Å². The van der Waals surface area contributed by atoms with Crippen LogP contribution in [0.1, 0.15) is 5.56 Å². The Morgan fingerprint density at radius 3 is 2.79 bits per heavy atom. The Labute approximate surface area is 115 Å². The van der Waals surface area contributed by atoms with Gasteiger partial charge in [-0.1, -0.05) is 35.9 Å². The van der Waals surface area contributed by atoms with Gasteiger partial charge in [0.25, 0.3) is 0 Å². The molecule has 1 heterocycles. The predicted octanol–water partition coefficient (Wildman–Crippen LogP) is 3.41. The summed E-state index contributed by atoms with van der Waals surface area (Å²) in [4.78, 5) is 0. The van der Waals surface area contributed by atoms with E-state index in [1.54, 1.807) is 18.2 Å². The van der Waals surface area contributed by atoms with E-state index in [4.69, 9.17) is 22.1 Å². The third-order valence-electron chi connectivity index (χ3n) is 3.33. The molecule has 2 nitrogen and oxygen atoms in total. The SMILES string of the molecule is NC[C@H]1Cc2ccc(F)c(-c3ccccc3Cl)c2O1. The maximum atomic E-state index is 14.2. The lowest BCUT2D eigenvalue weighted by Gasteiger charge is -2.12. The lowest BCUT2D eigenvalue weighted by molar-refractivity contribution is 0.241. The number of ether oxygens (including phenoxy) is 1. The summed E-state index contributed by atoms with van der Waals surface area (Å²) >= 11 is 6.16. The van der Waals surface area contributed by atoms with Crippen LogP contribution in [-0.4, -0.2) is 12.6 Å². The van der Waals surface area contributed by atoms with Gasteiger partial charge in [0.15, 0.2) is 0 Å². The first-order valence-electron chi connectivity index (χ1n) is 6.13. The smallest absolute Gasteiger partial charge is 0.134 e. The minimum atomic E-state index is -0.329. The van der Waals surface area contributed by atoms with Gasteiger partial charge in [-0.05, 0) is 17.7 Å². The van der Waals surface area contributed by atoms with E-state index in [0.717, 1.165) is 5.56 Å². The highest BCUT2D eigenvalue weighted by Crippen LogP contribution is 2.42. The van der Waals surface area contributed by atoms with Gasteiger partial charge < -0.3 is 10.5 Å². The Morgan fingerprint density at radius 1 is 1.26 bits per heavy atom. The molecule has 1 aliphatic heterocycles. The zero-order valence-electron chi connectivity index (χ0n) is 10.2. The summed E-state index contributed by atoms with van der Waals surface area (Å²) in [5.41, 5.74) is 7.68. The summed E-state index contributed by atoms with van der Waals surface area (Å²) in [6.07, 6.45) is 0.627. The molecular weight excluding hydrogens is 265 g/mol. The van der Waals surface area contributed by atoms with Crippen LogP contribution in [0.15, 0.2) is 36.4 Å². The van der Waals surface area contributed by atoms with E-state index < -0.39 is 0 Å². The van der Waals surface area contributed by atoms with Crippen molar-refractivity contribution in [1.29, 1.82) is 0 Å². The fourth-order valence-electron chi connectivity index (χ4n) is 2.40. The summed E-state index contributed by atoms with van der Waals surface area (Å²) in [5.74, 6) is 0.244. The van der Waals surface area contributed by atoms with Gasteiger partial charge in [0.05, 0.1) is 5.56 Å². The number of hydrogen-bond acceptors (Lipinski definition) is 2. The highest BCUT2D eigenvalue weighted by atomic mass is 35.5. The molecule has 0 saturated carbocycles. The van der Waals surface area contributed by atoms with E-state index in [-0.39, 0.29) is 11.9 Å². The molecule has 0 aromatic heterocycles. The van der Waals surface area contributed by atoms with Crippen LogP contribution in [0.4, 0.5) is 4.39 Å². The number of rotatable bonds is 2. The summed E-state index contributed by atoms with van der Waals surface area (Å²) in [6, 6.07) is 10.4. The zero-order chi connectivity index (χ0) is 13.4. The normalized spacial score (nSPS) is 17.1. The van der Waals surface area contributed by atoms with E-state index in [9.17, 15) is 4.39 Å². The minimum absolute atomic E-state index is 0.0852. The second-order valence-electron chi connectivity index (χ2n) is 4.57. The fraction of sp³-hybridized carbons (Fsp3) is 0.200. The van der Waals surface area contributed by atoms with Crippen LogP contribution in [-0.2, 0) is 6.42 Å². The molecule has 0 bridgehead atoms. The van der Waals surface area contributed by atoms with Gasteiger partial charge in [-0.15, -0.1) is 0 Å². The molecule has 0 fully saturated rings. The van der Waals surface area contributed by atoms with E-state index in [0.29, 0.717) is 34.9 Å². The molecule has 2 aromatic rings. The van der Waals surface area contributed by atoms with Crippen LogP contribution in [0.5, 0.6) is 5.75 Å². The Hall–Kier alpha value is -1.58. The lowest BCUT2D eigenvalue weighted by atomic mass is 10.00. The summed E-state index contributed by atoms with van der Waals surface area (Å²) in [6.45, 7) is 0.415. The molecule has 0 saturated heterocycles. The second-order valence-corrected chi connectivity index (χ2v) is 4.98. The number of nitrogens with two attached hydrogens (primary N) is 1. The number of fused-ring (bicyclic) bond motifs is 1. The standard InChI is InChI=1S/C15H13ClFNO/c16-12-4-2-1-3-11(12)14-13(17)6-5-9-7-10(8-18)19-15(9)14/h1-6,10H,7-8,18H2/t10-/m1/s1. The first kappa shape index (κ1) is 12.5. The maximum absolute atomic E-state index is 14.2. The summed E-state index contributed by atoms with van der Waals surface area (Å²) < 4.78 is 19.9. The van der Waals surface area contributed by atoms with Crippen molar-refractivity contribution in [2.75, 3.05) is 6.54 Å². The lowest BCUT2D eigenvalue weighted by Crippen LogP contribution is -2.24. The van der Waals surface area contributed by atoms with Gasteiger partial charge in [0.2, 0.25) is 0 Å². The van der Waals surface area contributed by atoms with Crippen LogP contribution in [0.3, 0.4) is 0 Å². The molecule has 0 unspecified atom stereocenters. The van der Waals surface area contributed by atoms with Gasteiger partial charge in [-0.3, -0.25) is 0 Å². The number of benzene rings is 2. The van der Waals surface area contributed by atoms with Crippen LogP contribution in [0, 0.1) is 5.82 Å². The van der Waals surface area contributed by atoms with Gasteiger partial charge in [0, 0.05) is 23.6 Å². The van der Waals surface area contributed by atoms with E-state index in [2.05, 4.69) is 0 Å². The summed E-state index contributed by atoms with van der Waals surface area (Å²) in [7, 11) is 0. The van der Waals surface area contributed by atoms with Crippen molar-refractivity contribution in [1.82, 2.24) is 0 Å². The monoisotopic (exact) mass is 277 g/mol. The average Bonchev–Trinajstić information content (AvgIpc) is 2.83. The predicted molar refractivity (Wildman–Crippen MR) is 74.0 cm³/mol. The fourth-order valence-corrected chi connectivity index (χ4v) is 2.63. The van der Waals surface area contributed by atoms with Crippen LogP contribution in [0.2, 0.25) is 5.02 Å². The Kier molecular flexibility index (Phi) is 3.17. The molecule has 0 amide bonds. The van der Waals surface area contributed by atoms with Crippen LogP contribution >= 0.6 is 11.6 Å². The van der Waals surface area contributed by atoms with E-state index in [1.165, 1.54) is 6.07 Å². The molecule has 0 radical (unpaired) electrons. The largest absolute Gasteiger partial charge is 0.488 e. The first-order valence-corrected chi connectivity index (χ1v) is 6.51. The number of halogens is 2. The molecular formula is C15H13ClFNO. The molecule has 3 rings (SSSR count). The molecule has 4 heteroatoms. The average molecular weight is 278 g/mol. The quantitative estimate of drug-likeness (QED) is 0.913. The first-order chi connectivity index (χ1) is 9.20. The Bertz CT molecular complexity index is 630. The highest BCUT2D eigenvalue weighted by Gasteiger charge is 2.27. The highest BCUT2D eigenvalue weighted by molar-refractivity contribution is 6.33. The molecule has 0 spiro atoms. The third kappa shape index (κ3) is 2.09. The van der Waals surface area contributed by atoms with Crippen molar-refractivity contribution in [3.05, 3.63) is 52.8 Å². The molecule has 2 N–H and O–H groups in total. The van der Waals surface area contributed by atoms with Crippen LogP contribution < -0.4 is 10.5 Å². The van der Waals surface area contributed by atoms with Crippen LogP contribution in [0.25, 0.3) is 11.1 Å². The molecule has 2 aromatic carbocycles. The van der Waals surface area contributed by atoms with Gasteiger partial charge in [-0.25, -0.2) is 4.39 Å². The number of hydrogen-bond donors (Lipinski definition) is 1. The molecule has 19 heavy (non-hydrogen) atoms. The zero-order valence-corrected chi connectivity index (χ0v) is 11.0. The van der Waals surface area contributed by atoms with Crippen molar-refractivity contribution in [3.8, 4) is 16.9 Å². The summed E-state index contributed by atoms with van der Waals surface area (Å²) in [5, 5.41) is 0.509. The van der Waals surface area contributed by atoms with Crippen molar-refractivity contribution in [2.24, 2.45) is 5.73 Å². The third-order valence-corrected chi connectivity index (χ3v) is 3.66. The van der Waals surface area contributed by atoms with Crippen molar-refractivity contribution in [3.63, 3.8) is 0 Å². The van der Waals surface area contributed by atoms with Crippen molar-refractivity contribution in [2.45, 2.75) is 12.5 Å². The van der Waals surface area contributed by atoms with Crippen molar-refractivity contribution >= 4 is 11.6 Å². The molecule has 0 aliphatic carbocycles. The maximum Gasteiger partial charge on any atom is 0.134 e. The molecule has 98 valence electrons. The van der Waals surface area contributed by atoms with Gasteiger partial charge in [0.1, 0.15) is 17.7 Å². The minimum Gasteiger partial charge on any atom is -0.488 e. The second kappa shape index (κ2) is 4.83. The molecule has 1 atom stereocenters. The van der Waals surface area contributed by atoms with Crippen molar-refractivity contribution < 1.29 is 9.13 Å². The Balaban J connectivity index is 2.18. The van der Waals surface area contributed by atoms with Gasteiger partial charge >= 0.3 is 0 Å².